The molecule has 0 atom stereocenters. The molecule has 2 aliphatic heterocycles. The van der Waals surface area contributed by atoms with Crippen molar-refractivity contribution in [2.75, 3.05) is 52.5 Å². The van der Waals surface area contributed by atoms with Crippen LogP contribution in [0.5, 0.6) is 0 Å². The average molecular weight is 241 g/mol. The first-order valence-corrected chi connectivity index (χ1v) is 6.62. The predicted molar refractivity (Wildman–Crippen MR) is 65.9 cm³/mol. The van der Waals surface area contributed by atoms with Gasteiger partial charge in [-0.1, -0.05) is 0 Å². The molecular formula is C12H23N3O2. The van der Waals surface area contributed by atoms with E-state index in [1.807, 2.05) is 0 Å². The number of amides is 1. The summed E-state index contributed by atoms with van der Waals surface area (Å²) >= 11 is 0. The molecule has 0 saturated carbocycles. The van der Waals surface area contributed by atoms with E-state index < -0.39 is 0 Å². The van der Waals surface area contributed by atoms with Crippen LogP contribution in [0.3, 0.4) is 0 Å². The molecule has 5 heteroatoms. The molecule has 0 aromatic rings. The van der Waals surface area contributed by atoms with E-state index in [-0.39, 0.29) is 5.91 Å². The van der Waals surface area contributed by atoms with Crippen molar-refractivity contribution in [2.45, 2.75) is 12.8 Å². The zero-order valence-electron chi connectivity index (χ0n) is 10.4. The zero-order valence-corrected chi connectivity index (χ0v) is 10.4. The Morgan fingerprint density at radius 1 is 1.35 bits per heavy atom. The van der Waals surface area contributed by atoms with Crippen LogP contribution in [-0.4, -0.2) is 63.3 Å². The number of rotatable bonds is 6. The largest absolute Gasteiger partial charge is 0.379 e. The zero-order chi connectivity index (χ0) is 11.9. The van der Waals surface area contributed by atoms with Crippen LogP contribution >= 0.6 is 0 Å². The minimum Gasteiger partial charge on any atom is -0.379 e. The van der Waals surface area contributed by atoms with Crippen LogP contribution in [0.1, 0.15) is 12.8 Å². The van der Waals surface area contributed by atoms with E-state index in [1.54, 1.807) is 0 Å². The van der Waals surface area contributed by atoms with Crippen LogP contribution in [0.2, 0.25) is 0 Å². The number of morpholine rings is 1. The summed E-state index contributed by atoms with van der Waals surface area (Å²) < 4.78 is 5.29. The molecule has 0 aromatic heterocycles. The highest BCUT2D eigenvalue weighted by Gasteiger charge is 2.19. The van der Waals surface area contributed by atoms with Crippen molar-refractivity contribution >= 4 is 5.91 Å². The Bertz CT molecular complexity index is 238. The Balaban J connectivity index is 1.45. The van der Waals surface area contributed by atoms with Gasteiger partial charge in [0, 0.05) is 26.1 Å². The fourth-order valence-electron chi connectivity index (χ4n) is 2.18. The highest BCUT2D eigenvalue weighted by atomic mass is 16.5. The standard InChI is InChI=1S/C12H23N3O2/c16-12(8-11-9-13-10-11)14-2-1-3-15-4-6-17-7-5-15/h11,13H,1-10H2,(H,14,16). The van der Waals surface area contributed by atoms with Crippen LogP contribution in [0.25, 0.3) is 0 Å². The lowest BCUT2D eigenvalue weighted by Crippen LogP contribution is -2.44. The van der Waals surface area contributed by atoms with Crippen molar-refractivity contribution in [3.63, 3.8) is 0 Å². The number of nitrogens with zero attached hydrogens (tertiary/aromatic N) is 1. The fourth-order valence-corrected chi connectivity index (χ4v) is 2.18. The highest BCUT2D eigenvalue weighted by Crippen LogP contribution is 2.07. The second-order valence-corrected chi connectivity index (χ2v) is 4.89. The lowest BCUT2D eigenvalue weighted by Gasteiger charge is -2.27. The van der Waals surface area contributed by atoms with Gasteiger partial charge in [0.15, 0.2) is 0 Å². The molecule has 0 aromatic carbocycles. The van der Waals surface area contributed by atoms with Crippen LogP contribution in [-0.2, 0) is 9.53 Å². The van der Waals surface area contributed by atoms with Crippen molar-refractivity contribution in [1.29, 1.82) is 0 Å². The number of carbonyl (C=O) groups is 1. The SMILES string of the molecule is O=C(CC1CNC1)NCCCN1CCOCC1. The topological polar surface area (TPSA) is 53.6 Å². The summed E-state index contributed by atoms with van der Waals surface area (Å²) in [4.78, 5) is 13.9. The Labute approximate surface area is 103 Å². The number of carbonyl (C=O) groups excluding carboxylic acids is 1. The monoisotopic (exact) mass is 241 g/mol. The number of nitrogens with one attached hydrogen (secondary N) is 2. The second kappa shape index (κ2) is 6.93. The molecule has 0 spiro atoms. The van der Waals surface area contributed by atoms with Crippen molar-refractivity contribution in [1.82, 2.24) is 15.5 Å². The van der Waals surface area contributed by atoms with Crippen molar-refractivity contribution < 1.29 is 9.53 Å². The summed E-state index contributed by atoms with van der Waals surface area (Å²) in [7, 11) is 0. The Morgan fingerprint density at radius 2 is 2.12 bits per heavy atom. The first kappa shape index (κ1) is 12.8. The molecule has 0 radical (unpaired) electrons. The third-order valence-electron chi connectivity index (χ3n) is 3.42. The summed E-state index contributed by atoms with van der Waals surface area (Å²) in [6.45, 7) is 7.62. The van der Waals surface area contributed by atoms with Gasteiger partial charge in [-0.3, -0.25) is 9.69 Å². The van der Waals surface area contributed by atoms with Crippen molar-refractivity contribution in [2.24, 2.45) is 5.92 Å². The molecular weight excluding hydrogens is 218 g/mol. The maximum Gasteiger partial charge on any atom is 0.220 e. The predicted octanol–water partition coefficient (Wildman–Crippen LogP) is -0.566. The Hall–Kier alpha value is -0.650. The third-order valence-corrected chi connectivity index (χ3v) is 3.42. The number of hydrogen-bond donors (Lipinski definition) is 2. The van der Waals surface area contributed by atoms with Crippen molar-refractivity contribution in [3.05, 3.63) is 0 Å². The van der Waals surface area contributed by atoms with Gasteiger partial charge in [-0.05, 0) is 32.0 Å². The molecule has 2 saturated heterocycles. The maximum absolute atomic E-state index is 11.5. The molecule has 98 valence electrons. The van der Waals surface area contributed by atoms with E-state index in [2.05, 4.69) is 15.5 Å². The molecule has 2 N–H and O–H groups in total. The fraction of sp³-hybridized carbons (Fsp3) is 0.917. The summed E-state index contributed by atoms with van der Waals surface area (Å²) in [6, 6.07) is 0. The molecule has 2 aliphatic rings. The van der Waals surface area contributed by atoms with Gasteiger partial charge in [0.2, 0.25) is 5.91 Å². The average Bonchev–Trinajstić information content (AvgIpc) is 2.31. The molecule has 2 fully saturated rings. The number of ether oxygens (including phenoxy) is 1. The molecule has 0 unspecified atom stereocenters. The van der Waals surface area contributed by atoms with Gasteiger partial charge in [0.1, 0.15) is 0 Å². The molecule has 0 aliphatic carbocycles. The molecule has 2 heterocycles. The van der Waals surface area contributed by atoms with Gasteiger partial charge in [0.05, 0.1) is 13.2 Å². The normalized spacial score (nSPS) is 22.1. The van der Waals surface area contributed by atoms with E-state index >= 15 is 0 Å². The van der Waals surface area contributed by atoms with Gasteiger partial charge in [-0.2, -0.15) is 0 Å². The summed E-state index contributed by atoms with van der Waals surface area (Å²) in [5.41, 5.74) is 0. The van der Waals surface area contributed by atoms with E-state index in [4.69, 9.17) is 4.74 Å². The van der Waals surface area contributed by atoms with Gasteiger partial charge in [-0.15, -0.1) is 0 Å². The minimum absolute atomic E-state index is 0.207. The van der Waals surface area contributed by atoms with Gasteiger partial charge < -0.3 is 15.4 Å². The molecule has 17 heavy (non-hydrogen) atoms. The van der Waals surface area contributed by atoms with E-state index in [0.717, 1.165) is 58.9 Å². The summed E-state index contributed by atoms with van der Waals surface area (Å²) in [5.74, 6) is 0.771. The smallest absolute Gasteiger partial charge is 0.220 e. The first-order chi connectivity index (χ1) is 8.34. The minimum atomic E-state index is 0.207. The number of hydrogen-bond acceptors (Lipinski definition) is 4. The maximum atomic E-state index is 11.5. The van der Waals surface area contributed by atoms with E-state index in [0.29, 0.717) is 12.3 Å². The van der Waals surface area contributed by atoms with Gasteiger partial charge in [0.25, 0.3) is 0 Å². The third kappa shape index (κ3) is 4.61. The van der Waals surface area contributed by atoms with Crippen LogP contribution in [0.4, 0.5) is 0 Å². The molecule has 5 nitrogen and oxygen atoms in total. The lowest BCUT2D eigenvalue weighted by atomic mass is 9.99. The summed E-state index contributed by atoms with van der Waals surface area (Å²) in [5, 5.41) is 6.18. The van der Waals surface area contributed by atoms with Gasteiger partial charge in [-0.25, -0.2) is 0 Å². The Morgan fingerprint density at radius 3 is 2.76 bits per heavy atom. The highest BCUT2D eigenvalue weighted by molar-refractivity contribution is 5.76. The molecule has 1 amide bonds. The van der Waals surface area contributed by atoms with Crippen LogP contribution in [0, 0.1) is 5.92 Å². The van der Waals surface area contributed by atoms with Crippen molar-refractivity contribution in [3.8, 4) is 0 Å². The summed E-state index contributed by atoms with van der Waals surface area (Å²) in [6.07, 6.45) is 1.72. The van der Waals surface area contributed by atoms with E-state index in [1.165, 1.54) is 0 Å². The van der Waals surface area contributed by atoms with Gasteiger partial charge >= 0.3 is 0 Å². The first-order valence-electron chi connectivity index (χ1n) is 6.62. The van der Waals surface area contributed by atoms with E-state index in [9.17, 15) is 4.79 Å². The lowest BCUT2D eigenvalue weighted by molar-refractivity contribution is -0.122. The molecule has 2 rings (SSSR count). The quantitative estimate of drug-likeness (QED) is 0.612. The Kier molecular flexibility index (Phi) is 5.22. The van der Waals surface area contributed by atoms with Crippen LogP contribution in [0.15, 0.2) is 0 Å². The second-order valence-electron chi connectivity index (χ2n) is 4.89. The van der Waals surface area contributed by atoms with Crippen LogP contribution < -0.4 is 10.6 Å². The molecule has 0 bridgehead atoms.